The summed E-state index contributed by atoms with van der Waals surface area (Å²) in [5, 5.41) is 0. The van der Waals surface area contributed by atoms with Gasteiger partial charge in [-0.3, -0.25) is 0 Å². The van der Waals surface area contributed by atoms with Crippen LogP contribution in [0.1, 0.15) is 61.8 Å². The van der Waals surface area contributed by atoms with E-state index < -0.39 is 34.6 Å². The molecule has 0 atom stereocenters. The third kappa shape index (κ3) is 5.42. The maximum Gasteiger partial charge on any atom is 0.417 e. The van der Waals surface area contributed by atoms with Gasteiger partial charge in [-0.1, -0.05) is 63.1 Å². The third-order valence-corrected chi connectivity index (χ3v) is 3.34. The number of rotatable bonds is 6. The fourth-order valence-electron chi connectivity index (χ4n) is 2.28. The first-order chi connectivity index (χ1) is 11.1. The number of benzene rings is 1. The van der Waals surface area contributed by atoms with Gasteiger partial charge < -0.3 is 0 Å². The van der Waals surface area contributed by atoms with Crippen molar-refractivity contribution in [3.05, 3.63) is 46.5 Å². The van der Waals surface area contributed by atoms with Crippen LogP contribution in [0.4, 0.5) is 26.3 Å². The van der Waals surface area contributed by atoms with Crippen molar-refractivity contribution >= 4 is 12.2 Å². The zero-order valence-electron chi connectivity index (χ0n) is 13.6. The minimum absolute atomic E-state index is 0.462. The number of hydrogen-bond donors (Lipinski definition) is 0. The Hall–Kier alpha value is -1.72. The zero-order valence-corrected chi connectivity index (χ0v) is 13.6. The Morgan fingerprint density at radius 3 is 1.29 bits per heavy atom. The molecule has 0 N–H and O–H groups in total. The lowest BCUT2D eigenvalue weighted by Crippen LogP contribution is -2.19. The van der Waals surface area contributed by atoms with Crippen molar-refractivity contribution in [2.45, 2.75) is 51.9 Å². The van der Waals surface area contributed by atoms with E-state index in [1.54, 1.807) is 0 Å². The summed E-state index contributed by atoms with van der Waals surface area (Å²) in [4.78, 5) is 0. The summed E-state index contributed by atoms with van der Waals surface area (Å²) in [6.07, 6.45) is -2.66. The highest BCUT2D eigenvalue weighted by atomic mass is 19.4. The average molecular weight is 350 g/mol. The lowest BCUT2D eigenvalue weighted by atomic mass is 9.93. The van der Waals surface area contributed by atoms with E-state index in [1.807, 2.05) is 13.8 Å². The zero-order chi connectivity index (χ0) is 18.4. The summed E-state index contributed by atoms with van der Waals surface area (Å²) < 4.78 is 80.2. The third-order valence-electron chi connectivity index (χ3n) is 3.34. The van der Waals surface area contributed by atoms with Crippen molar-refractivity contribution < 1.29 is 26.3 Å². The van der Waals surface area contributed by atoms with Gasteiger partial charge in [0, 0.05) is 0 Å². The molecule has 0 amide bonds. The summed E-state index contributed by atoms with van der Waals surface area (Å²) in [6.45, 7) is 3.66. The molecule has 1 rings (SSSR count). The fourth-order valence-corrected chi connectivity index (χ4v) is 2.28. The van der Waals surface area contributed by atoms with Crippen molar-refractivity contribution in [3.63, 3.8) is 0 Å². The molecule has 0 aliphatic carbocycles. The van der Waals surface area contributed by atoms with E-state index in [4.69, 9.17) is 0 Å². The maximum atomic E-state index is 13.4. The van der Waals surface area contributed by atoms with Gasteiger partial charge in [-0.05, 0) is 24.0 Å². The van der Waals surface area contributed by atoms with Crippen LogP contribution in [-0.2, 0) is 12.4 Å². The van der Waals surface area contributed by atoms with Gasteiger partial charge in [0.1, 0.15) is 0 Å². The normalized spacial score (nSPS) is 13.3. The van der Waals surface area contributed by atoms with Crippen LogP contribution >= 0.6 is 0 Å². The molecule has 6 heteroatoms. The highest BCUT2D eigenvalue weighted by molar-refractivity contribution is 5.65. The molecule has 134 valence electrons. The van der Waals surface area contributed by atoms with E-state index in [1.165, 1.54) is 12.2 Å². The second-order valence-corrected chi connectivity index (χ2v) is 5.37. The largest absolute Gasteiger partial charge is 0.417 e. The molecule has 0 radical (unpaired) electrons. The number of alkyl halides is 6. The van der Waals surface area contributed by atoms with Crippen molar-refractivity contribution in [1.29, 1.82) is 0 Å². The molecule has 0 bridgehead atoms. The molecule has 0 aliphatic rings. The summed E-state index contributed by atoms with van der Waals surface area (Å²) in [6, 6.07) is 2.19. The monoisotopic (exact) mass is 350 g/mol. The van der Waals surface area contributed by atoms with Crippen molar-refractivity contribution in [3.8, 4) is 0 Å². The fraction of sp³-hybridized carbons (Fsp3) is 0.444. The van der Waals surface area contributed by atoms with Gasteiger partial charge in [0.05, 0.1) is 11.1 Å². The number of halogens is 6. The number of hydrogen-bond acceptors (Lipinski definition) is 0. The van der Waals surface area contributed by atoms with Gasteiger partial charge in [-0.15, -0.1) is 0 Å². The van der Waals surface area contributed by atoms with Gasteiger partial charge in [0.15, 0.2) is 0 Å². The highest BCUT2D eigenvalue weighted by Gasteiger charge is 2.45. The Labute approximate surface area is 137 Å². The molecule has 1 aromatic rings. The molecule has 0 unspecified atom stereocenters. The quantitative estimate of drug-likeness (QED) is 0.470. The van der Waals surface area contributed by atoms with Gasteiger partial charge in [0.25, 0.3) is 0 Å². The van der Waals surface area contributed by atoms with Crippen molar-refractivity contribution in [2.24, 2.45) is 0 Å². The van der Waals surface area contributed by atoms with E-state index in [9.17, 15) is 26.3 Å². The van der Waals surface area contributed by atoms with Crippen LogP contribution in [0.3, 0.4) is 0 Å². The SMILES string of the molecule is CCC/C=C/c1ccc(/C=C/CCC)c(C(F)(F)F)c1C(F)(F)F. The Balaban J connectivity index is 3.62. The first kappa shape index (κ1) is 20.3. The van der Waals surface area contributed by atoms with Crippen molar-refractivity contribution in [2.75, 3.05) is 0 Å². The molecule has 0 saturated heterocycles. The molecule has 0 spiro atoms. The number of unbranched alkanes of at least 4 members (excludes halogenated alkanes) is 2. The van der Waals surface area contributed by atoms with E-state index in [0.29, 0.717) is 25.7 Å². The summed E-state index contributed by atoms with van der Waals surface area (Å²) in [5.41, 5.74) is -4.17. The van der Waals surface area contributed by atoms with Crippen LogP contribution in [-0.4, -0.2) is 0 Å². The average Bonchev–Trinajstić information content (AvgIpc) is 2.46. The Bertz CT molecular complexity index is 538. The Morgan fingerprint density at radius 2 is 1.04 bits per heavy atom. The van der Waals surface area contributed by atoms with Crippen LogP contribution in [0, 0.1) is 0 Å². The van der Waals surface area contributed by atoms with E-state index in [2.05, 4.69) is 0 Å². The lowest BCUT2D eigenvalue weighted by Gasteiger charge is -2.20. The summed E-state index contributed by atoms with van der Waals surface area (Å²) >= 11 is 0. The standard InChI is InChI=1S/C18H20F6/c1-3-5-7-9-13-11-12-14(10-8-6-4-2)16(18(22,23)24)15(13)17(19,20)21/h7-12H,3-6H2,1-2H3/b9-7+,10-8+. The predicted octanol–water partition coefficient (Wildman–Crippen LogP) is 7.35. The molecule has 0 aliphatic heterocycles. The maximum absolute atomic E-state index is 13.4. The molecule has 0 fully saturated rings. The topological polar surface area (TPSA) is 0 Å². The first-order valence-electron chi connectivity index (χ1n) is 7.77. The first-order valence-corrected chi connectivity index (χ1v) is 7.77. The lowest BCUT2D eigenvalue weighted by molar-refractivity contribution is -0.162. The van der Waals surface area contributed by atoms with Crippen molar-refractivity contribution in [1.82, 2.24) is 0 Å². The van der Waals surface area contributed by atoms with Crippen LogP contribution < -0.4 is 0 Å². The van der Waals surface area contributed by atoms with Gasteiger partial charge in [-0.25, -0.2) is 0 Å². The van der Waals surface area contributed by atoms with Crippen LogP contribution in [0.5, 0.6) is 0 Å². The minimum atomic E-state index is -5.09. The minimum Gasteiger partial charge on any atom is -0.166 e. The van der Waals surface area contributed by atoms with Gasteiger partial charge in [-0.2, -0.15) is 26.3 Å². The van der Waals surface area contributed by atoms with E-state index >= 15 is 0 Å². The van der Waals surface area contributed by atoms with Gasteiger partial charge >= 0.3 is 12.4 Å². The molecule has 1 aromatic carbocycles. The smallest absolute Gasteiger partial charge is 0.166 e. The molecule has 0 aromatic heterocycles. The highest BCUT2D eigenvalue weighted by Crippen LogP contribution is 2.44. The molecule has 0 saturated carbocycles. The molecular formula is C18H20F6. The van der Waals surface area contributed by atoms with Crippen LogP contribution in [0.15, 0.2) is 24.3 Å². The predicted molar refractivity (Wildman–Crippen MR) is 84.3 cm³/mol. The van der Waals surface area contributed by atoms with E-state index in [-0.39, 0.29) is 0 Å². The Kier molecular flexibility index (Phi) is 7.11. The van der Waals surface area contributed by atoms with Crippen LogP contribution in [0.2, 0.25) is 0 Å². The second-order valence-electron chi connectivity index (χ2n) is 5.37. The number of allylic oxidation sites excluding steroid dienone is 2. The van der Waals surface area contributed by atoms with Crippen LogP contribution in [0.25, 0.3) is 12.2 Å². The summed E-state index contributed by atoms with van der Waals surface area (Å²) in [7, 11) is 0. The molecule has 0 nitrogen and oxygen atoms in total. The van der Waals surface area contributed by atoms with Gasteiger partial charge in [0.2, 0.25) is 0 Å². The van der Waals surface area contributed by atoms with E-state index in [0.717, 1.165) is 24.3 Å². The molecular weight excluding hydrogens is 330 g/mol. The molecule has 24 heavy (non-hydrogen) atoms. The Morgan fingerprint density at radius 1 is 0.708 bits per heavy atom. The second kappa shape index (κ2) is 8.40. The summed E-state index contributed by atoms with van der Waals surface area (Å²) in [5.74, 6) is 0. The molecule has 0 heterocycles.